The molecule has 0 radical (unpaired) electrons. The van der Waals surface area contributed by atoms with Crippen molar-refractivity contribution in [2.24, 2.45) is 0 Å². The van der Waals surface area contributed by atoms with E-state index in [1.54, 1.807) is 48.5 Å². The Morgan fingerprint density at radius 3 is 0.972 bits per heavy atom. The highest BCUT2D eigenvalue weighted by atomic mass is 35.5. The maximum atomic E-state index is 15.8. The predicted octanol–water partition coefficient (Wildman–Crippen LogP) is 11.4. The predicted molar refractivity (Wildman–Crippen MR) is 388 cm³/mol. The van der Waals surface area contributed by atoms with E-state index in [9.17, 15) is 9.90 Å². The molecule has 0 spiro atoms. The molecule has 0 aromatic heterocycles. The maximum absolute atomic E-state index is 15.8. The van der Waals surface area contributed by atoms with Gasteiger partial charge in [-0.1, -0.05) is 237 Å². The van der Waals surface area contributed by atoms with E-state index in [0.29, 0.717) is 11.1 Å². The van der Waals surface area contributed by atoms with Crippen LogP contribution >= 0.6 is 11.6 Å². The molecule has 5 aliphatic rings. The van der Waals surface area contributed by atoms with Crippen LogP contribution in [0.2, 0.25) is 0 Å². The Balaban J connectivity index is 0.929. The van der Waals surface area contributed by atoms with Gasteiger partial charge in [-0.15, -0.1) is 11.6 Å². The van der Waals surface area contributed by atoms with Crippen LogP contribution in [-0.4, -0.2) is 162 Å². The molecule has 9 aromatic carbocycles. The van der Waals surface area contributed by atoms with Crippen LogP contribution in [-0.2, 0) is 113 Å². The number of ether oxygens (including phenoxy) is 13. The monoisotopic (exact) mass is 1470 g/mol. The molecule has 107 heavy (non-hydrogen) atoms. The summed E-state index contributed by atoms with van der Waals surface area (Å²) in [5, 5.41) is 13.1. The minimum absolute atomic E-state index is 0.0105. The van der Waals surface area contributed by atoms with Crippen LogP contribution in [0, 0.1) is 0 Å². The number of imide groups is 2. The topological polar surface area (TPSA) is 232 Å². The molecule has 0 saturated carbocycles. The van der Waals surface area contributed by atoms with Crippen molar-refractivity contribution in [3.8, 4) is 0 Å². The molecular formula is C85H81ClN2O19. The van der Waals surface area contributed by atoms with Crippen LogP contribution in [0.1, 0.15) is 80.4 Å². The van der Waals surface area contributed by atoms with Crippen molar-refractivity contribution in [1.82, 2.24) is 9.80 Å². The zero-order valence-corrected chi connectivity index (χ0v) is 59.1. The normalized spacial score (nSPS) is 25.5. The van der Waals surface area contributed by atoms with Gasteiger partial charge in [0.25, 0.3) is 23.6 Å². The van der Waals surface area contributed by atoms with Gasteiger partial charge in [-0.3, -0.25) is 33.8 Å². The third-order valence-corrected chi connectivity index (χ3v) is 19.6. The van der Waals surface area contributed by atoms with Crippen molar-refractivity contribution in [3.63, 3.8) is 0 Å². The Bertz CT molecular complexity index is 4320. The van der Waals surface area contributed by atoms with Gasteiger partial charge in [0.2, 0.25) is 0 Å². The molecule has 0 unspecified atom stereocenters. The van der Waals surface area contributed by atoms with Gasteiger partial charge in [-0.25, -0.2) is 0 Å². The first-order valence-corrected chi connectivity index (χ1v) is 36.2. The van der Waals surface area contributed by atoms with Gasteiger partial charge in [0.1, 0.15) is 85.6 Å². The Morgan fingerprint density at radius 2 is 0.607 bits per heavy atom. The minimum Gasteiger partial charge on any atom is -0.462 e. The Hall–Kier alpha value is -9.50. The molecule has 21 nitrogen and oxygen atoms in total. The maximum Gasteiger partial charge on any atom is 0.320 e. The summed E-state index contributed by atoms with van der Waals surface area (Å²) in [6.07, 6.45) is -19.1. The summed E-state index contributed by atoms with van der Waals surface area (Å²) in [5.41, 5.74) is 5.61. The van der Waals surface area contributed by atoms with E-state index in [0.717, 1.165) is 37.6 Å². The number of carbonyl (C=O) groups is 5. The van der Waals surface area contributed by atoms with E-state index < -0.39 is 134 Å². The number of benzene rings is 9. The fourth-order valence-electron chi connectivity index (χ4n) is 14.1. The van der Waals surface area contributed by atoms with E-state index in [2.05, 4.69) is 0 Å². The Kier molecular flexibility index (Phi) is 25.0. The third-order valence-electron chi connectivity index (χ3n) is 19.4. The fourth-order valence-corrected chi connectivity index (χ4v) is 14.2. The summed E-state index contributed by atoms with van der Waals surface area (Å²) >= 11 is 6.04. The van der Waals surface area contributed by atoms with Crippen LogP contribution in [0.3, 0.4) is 0 Å². The van der Waals surface area contributed by atoms with Gasteiger partial charge in [0.15, 0.2) is 18.9 Å². The highest BCUT2D eigenvalue weighted by Gasteiger charge is 2.62. The number of hydrogen-bond acceptors (Lipinski definition) is 19. The standard InChI is InChI=1S/C85H81ClN2O19/c86-44-69(89)97-54-68-73(98-47-57-30-12-3-13-31-57)72(90)78(101-50-60-36-18-6-19-37-60)85(105-68)107-75-67(53-96-46-56-28-10-2-11-29-56)104-84(71(77(75)100-49-59-34-16-5-17-35-59)88-81(93)64-42-24-25-43-65(64)82(88)94)106-74-66(52-95-45-55-26-8-1-9-27-55)103-83(102-51-61-38-20-7-21-39-61)70(76(74)99-48-58-32-14-4-15-33-58)87-79(91)62-40-22-23-41-63(62)80(87)92/h1-43,66-68,70-78,83-85,90H,44-54H2/t66-,67-,68-,70-,71-,72+,73-,74-,75-,76-,77-,78+,83-,84+,85+/m1/s1. The molecule has 3 fully saturated rings. The molecule has 5 aliphatic heterocycles. The van der Waals surface area contributed by atoms with Crippen molar-refractivity contribution in [3.05, 3.63) is 322 Å². The summed E-state index contributed by atoms with van der Waals surface area (Å²) in [4.78, 5) is 77.6. The molecule has 9 aromatic rings. The quantitative estimate of drug-likeness (QED) is 0.0234. The molecule has 0 bridgehead atoms. The van der Waals surface area contributed by atoms with Gasteiger partial charge < -0.3 is 66.7 Å². The van der Waals surface area contributed by atoms with Gasteiger partial charge in [0, 0.05) is 0 Å². The second-order valence-corrected chi connectivity index (χ2v) is 26.8. The number of esters is 1. The number of aliphatic hydroxyl groups excluding tert-OH is 1. The summed E-state index contributed by atoms with van der Waals surface area (Å²) < 4.78 is 90.9. The Labute approximate surface area is 624 Å². The average molecular weight is 1470 g/mol. The van der Waals surface area contributed by atoms with Crippen molar-refractivity contribution < 1.29 is 90.7 Å². The summed E-state index contributed by atoms with van der Waals surface area (Å²) in [7, 11) is 0. The third kappa shape index (κ3) is 17.7. The van der Waals surface area contributed by atoms with E-state index in [-0.39, 0.29) is 81.7 Å². The number of nitrogens with zero attached hydrogens (tertiary/aromatic N) is 2. The smallest absolute Gasteiger partial charge is 0.320 e. The highest BCUT2D eigenvalue weighted by molar-refractivity contribution is 6.26. The van der Waals surface area contributed by atoms with E-state index in [1.807, 2.05) is 212 Å². The van der Waals surface area contributed by atoms with Gasteiger partial charge >= 0.3 is 5.97 Å². The van der Waals surface area contributed by atoms with Gasteiger partial charge in [-0.05, 0) is 63.2 Å². The number of alkyl halides is 1. The van der Waals surface area contributed by atoms with Crippen LogP contribution < -0.4 is 0 Å². The summed E-state index contributed by atoms with van der Waals surface area (Å²) in [5.74, 6) is -4.08. The van der Waals surface area contributed by atoms with Crippen molar-refractivity contribution in [2.45, 2.75) is 138 Å². The minimum atomic E-state index is -1.82. The van der Waals surface area contributed by atoms with Crippen LogP contribution in [0.5, 0.6) is 0 Å². The zero-order valence-electron chi connectivity index (χ0n) is 58.3. The molecule has 4 amide bonds. The second-order valence-electron chi connectivity index (χ2n) is 26.5. The van der Waals surface area contributed by atoms with E-state index in [1.165, 1.54) is 0 Å². The molecule has 22 heteroatoms. The number of rotatable bonds is 32. The lowest BCUT2D eigenvalue weighted by Gasteiger charge is -2.53. The molecule has 5 heterocycles. The molecule has 552 valence electrons. The SMILES string of the molecule is O=C(CCl)OC[C@H]1O[C@@H](O[C@H]2[C@H](OCc3ccccc3)[C@@H](N3C(=O)c4ccccc4C3=O)[C@H](O[C@H]3[C@H](OCc4ccccc4)[C@@H](N4C(=O)c5ccccc5C4=O)[C@H](OCc4ccccc4)O[C@@H]3COCc3ccccc3)O[C@@H]2COCc2ccccc2)[C@@H](OCc2ccccc2)[C@@H](O)[C@@H]1OCc1ccccc1. The average Bonchev–Trinajstić information content (AvgIpc) is 1.59. The molecule has 15 atom stereocenters. The number of halogens is 1. The molecule has 14 rings (SSSR count). The lowest BCUT2D eigenvalue weighted by Crippen LogP contribution is -2.71. The highest BCUT2D eigenvalue weighted by Crippen LogP contribution is 2.43. The summed E-state index contributed by atoms with van der Waals surface area (Å²) in [6.45, 7) is -1.39. The fraction of sp³-hybridized carbons (Fsp3) is 0.306. The molecule has 0 aliphatic carbocycles. The van der Waals surface area contributed by atoms with Crippen molar-refractivity contribution in [2.75, 3.05) is 25.7 Å². The lowest BCUT2D eigenvalue weighted by atomic mass is 9.92. The lowest BCUT2D eigenvalue weighted by molar-refractivity contribution is -0.377. The number of aliphatic hydroxyl groups is 1. The van der Waals surface area contributed by atoms with Crippen LogP contribution in [0.4, 0.5) is 0 Å². The van der Waals surface area contributed by atoms with E-state index >= 15 is 19.2 Å². The zero-order chi connectivity index (χ0) is 73.4. The van der Waals surface area contributed by atoms with Crippen molar-refractivity contribution >= 4 is 41.2 Å². The van der Waals surface area contributed by atoms with Crippen LogP contribution in [0.15, 0.2) is 261 Å². The molecule has 3 saturated heterocycles. The Morgan fingerprint density at radius 1 is 0.327 bits per heavy atom. The second kappa shape index (κ2) is 35.9. The van der Waals surface area contributed by atoms with Gasteiger partial charge in [0.05, 0.1) is 81.7 Å². The first kappa shape index (κ1) is 74.4. The molecule has 1 N–H and O–H groups in total. The first-order chi connectivity index (χ1) is 52.5. The molecular weight excluding hydrogens is 1390 g/mol. The largest absolute Gasteiger partial charge is 0.462 e. The van der Waals surface area contributed by atoms with E-state index in [4.69, 9.17) is 73.2 Å². The first-order valence-electron chi connectivity index (χ1n) is 35.7. The number of carbonyl (C=O) groups excluding carboxylic acids is 5. The summed E-state index contributed by atoms with van der Waals surface area (Å²) in [6, 6.07) is 75.1. The number of hydrogen-bond donors (Lipinski definition) is 1. The van der Waals surface area contributed by atoms with Gasteiger partial charge in [-0.2, -0.15) is 0 Å². The number of amides is 4. The number of fused-ring (bicyclic) bond motifs is 2. The van der Waals surface area contributed by atoms with Crippen molar-refractivity contribution in [1.29, 1.82) is 0 Å². The van der Waals surface area contributed by atoms with Crippen LogP contribution in [0.25, 0.3) is 0 Å².